The third-order valence-electron chi connectivity index (χ3n) is 5.34. The number of hydrogen-bond donors (Lipinski definition) is 2. The van der Waals surface area contributed by atoms with Gasteiger partial charge in [0.05, 0.1) is 0 Å². The summed E-state index contributed by atoms with van der Waals surface area (Å²) in [6, 6.07) is 5.51. The van der Waals surface area contributed by atoms with E-state index in [1.54, 1.807) is 0 Å². The maximum atomic E-state index is 12.5. The van der Waals surface area contributed by atoms with Crippen LogP contribution in [0.3, 0.4) is 0 Å². The van der Waals surface area contributed by atoms with Crippen LogP contribution < -0.4 is 15.4 Å². The van der Waals surface area contributed by atoms with Gasteiger partial charge in [-0.3, -0.25) is 14.5 Å². The van der Waals surface area contributed by atoms with Crippen molar-refractivity contribution < 1.29 is 19.1 Å². The monoisotopic (exact) mass is 373 g/mol. The third-order valence-corrected chi connectivity index (χ3v) is 5.34. The second-order valence-electron chi connectivity index (χ2n) is 7.39. The van der Waals surface area contributed by atoms with E-state index in [1.165, 1.54) is 4.90 Å². The molecule has 146 valence electrons. The molecule has 1 aliphatic heterocycles. The number of carbonyl (C=O) groups is 3. The first-order valence-corrected chi connectivity index (χ1v) is 9.53. The molecule has 0 atom stereocenters. The maximum Gasteiger partial charge on any atom is 0.325 e. The molecule has 2 fully saturated rings. The molecule has 7 nitrogen and oxygen atoms in total. The van der Waals surface area contributed by atoms with Gasteiger partial charge in [-0.2, -0.15) is 0 Å². The number of ether oxygens (including phenoxy) is 1. The first-order chi connectivity index (χ1) is 12.9. The molecule has 1 aliphatic carbocycles. The first kappa shape index (κ1) is 19.2. The second-order valence-corrected chi connectivity index (χ2v) is 7.39. The molecule has 0 aromatic heterocycles. The zero-order valence-corrected chi connectivity index (χ0v) is 16.0. The fraction of sp³-hybridized carbons (Fsp3) is 0.550. The lowest BCUT2D eigenvalue weighted by Crippen LogP contribution is -2.44. The van der Waals surface area contributed by atoms with Crippen molar-refractivity contribution in [2.24, 2.45) is 0 Å². The van der Waals surface area contributed by atoms with E-state index in [-0.39, 0.29) is 24.5 Å². The summed E-state index contributed by atoms with van der Waals surface area (Å²) in [7, 11) is 0. The van der Waals surface area contributed by atoms with E-state index in [4.69, 9.17) is 4.74 Å². The van der Waals surface area contributed by atoms with Gasteiger partial charge < -0.3 is 15.4 Å². The molecule has 1 aromatic rings. The number of para-hydroxylation sites is 1. The normalized spacial score (nSPS) is 18.1. The SMILES string of the molecule is Cc1cccc(C)c1OCC(=O)NCCCN1C(=O)NC2(CCCC2)C1=O. The Bertz CT molecular complexity index is 720. The minimum Gasteiger partial charge on any atom is -0.483 e. The summed E-state index contributed by atoms with van der Waals surface area (Å²) in [6.07, 6.45) is 3.90. The van der Waals surface area contributed by atoms with Gasteiger partial charge in [0.2, 0.25) is 0 Å². The zero-order valence-electron chi connectivity index (χ0n) is 16.0. The number of aryl methyl sites for hydroxylation is 2. The number of nitrogens with one attached hydrogen (secondary N) is 2. The maximum absolute atomic E-state index is 12.5. The molecule has 1 spiro atoms. The van der Waals surface area contributed by atoms with Crippen LogP contribution in [0, 0.1) is 13.8 Å². The highest BCUT2D eigenvalue weighted by molar-refractivity contribution is 6.07. The van der Waals surface area contributed by atoms with E-state index in [9.17, 15) is 14.4 Å². The van der Waals surface area contributed by atoms with Crippen LogP contribution in [0.1, 0.15) is 43.2 Å². The minimum absolute atomic E-state index is 0.0576. The van der Waals surface area contributed by atoms with Crippen molar-refractivity contribution in [2.45, 2.75) is 51.5 Å². The quantitative estimate of drug-likeness (QED) is 0.566. The summed E-state index contributed by atoms with van der Waals surface area (Å²) in [5, 5.41) is 5.63. The smallest absolute Gasteiger partial charge is 0.325 e. The highest BCUT2D eigenvalue weighted by atomic mass is 16.5. The van der Waals surface area contributed by atoms with Crippen molar-refractivity contribution in [1.29, 1.82) is 0 Å². The van der Waals surface area contributed by atoms with Gasteiger partial charge in [0.1, 0.15) is 11.3 Å². The van der Waals surface area contributed by atoms with Crippen LogP contribution in [0.5, 0.6) is 5.75 Å². The lowest BCUT2D eigenvalue weighted by atomic mass is 9.98. The van der Waals surface area contributed by atoms with E-state index in [2.05, 4.69) is 10.6 Å². The van der Waals surface area contributed by atoms with Gasteiger partial charge in [-0.1, -0.05) is 31.0 Å². The lowest BCUT2D eigenvalue weighted by Gasteiger charge is -2.20. The fourth-order valence-corrected chi connectivity index (χ4v) is 3.88. The fourth-order valence-electron chi connectivity index (χ4n) is 3.88. The highest BCUT2D eigenvalue weighted by Crippen LogP contribution is 2.34. The van der Waals surface area contributed by atoms with Gasteiger partial charge in [-0.05, 0) is 44.2 Å². The Kier molecular flexibility index (Phi) is 5.68. The third kappa shape index (κ3) is 4.07. The van der Waals surface area contributed by atoms with Gasteiger partial charge in [0.25, 0.3) is 11.8 Å². The molecular formula is C20H27N3O4. The van der Waals surface area contributed by atoms with Crippen LogP contribution >= 0.6 is 0 Å². The lowest BCUT2D eigenvalue weighted by molar-refractivity contribution is -0.131. The number of rotatable bonds is 7. The van der Waals surface area contributed by atoms with E-state index in [1.807, 2.05) is 32.0 Å². The van der Waals surface area contributed by atoms with Crippen molar-refractivity contribution in [3.05, 3.63) is 29.3 Å². The molecule has 4 amide bonds. The van der Waals surface area contributed by atoms with E-state index in [0.717, 1.165) is 42.6 Å². The summed E-state index contributed by atoms with van der Waals surface area (Å²) < 4.78 is 5.62. The van der Waals surface area contributed by atoms with E-state index >= 15 is 0 Å². The molecule has 0 bridgehead atoms. The second kappa shape index (κ2) is 7.98. The molecule has 2 N–H and O–H groups in total. The molecule has 0 unspecified atom stereocenters. The zero-order chi connectivity index (χ0) is 19.4. The largest absolute Gasteiger partial charge is 0.483 e. The number of urea groups is 1. The molecule has 1 saturated heterocycles. The summed E-state index contributed by atoms with van der Waals surface area (Å²) in [4.78, 5) is 37.9. The molecule has 1 heterocycles. The van der Waals surface area contributed by atoms with Crippen LogP contribution in [0.4, 0.5) is 4.79 Å². The Balaban J connectivity index is 1.39. The topological polar surface area (TPSA) is 87.7 Å². The highest BCUT2D eigenvalue weighted by Gasteiger charge is 2.51. The van der Waals surface area contributed by atoms with Crippen LogP contribution in [-0.2, 0) is 9.59 Å². The van der Waals surface area contributed by atoms with Crippen LogP contribution in [-0.4, -0.2) is 48.0 Å². The number of imide groups is 1. The molecule has 0 radical (unpaired) electrons. The van der Waals surface area contributed by atoms with Crippen LogP contribution in [0.15, 0.2) is 18.2 Å². The summed E-state index contributed by atoms with van der Waals surface area (Å²) >= 11 is 0. The molecule has 27 heavy (non-hydrogen) atoms. The standard InChI is InChI=1S/C20H27N3O4/c1-14-7-5-8-15(2)17(14)27-13-16(24)21-11-6-12-23-18(25)20(22-19(23)26)9-3-4-10-20/h5,7-8H,3-4,6,9-13H2,1-2H3,(H,21,24)(H,22,26). The Labute approximate surface area is 159 Å². The number of hydrogen-bond acceptors (Lipinski definition) is 4. The summed E-state index contributed by atoms with van der Waals surface area (Å²) in [6.45, 7) is 4.52. The molecule has 2 aliphatic rings. The Hall–Kier alpha value is -2.57. The molecule has 7 heteroatoms. The van der Waals surface area contributed by atoms with Crippen molar-refractivity contribution in [3.8, 4) is 5.75 Å². The Morgan fingerprint density at radius 1 is 1.22 bits per heavy atom. The van der Waals surface area contributed by atoms with Crippen molar-refractivity contribution in [1.82, 2.24) is 15.5 Å². The predicted octanol–water partition coefficient (Wildman–Crippen LogP) is 2.05. The van der Waals surface area contributed by atoms with E-state index in [0.29, 0.717) is 19.5 Å². The van der Waals surface area contributed by atoms with E-state index < -0.39 is 5.54 Å². The number of benzene rings is 1. The molecule has 3 rings (SSSR count). The van der Waals surface area contributed by atoms with Gasteiger partial charge >= 0.3 is 6.03 Å². The van der Waals surface area contributed by atoms with Crippen molar-refractivity contribution in [2.75, 3.05) is 19.7 Å². The number of amides is 4. The van der Waals surface area contributed by atoms with Gasteiger partial charge in [0, 0.05) is 13.1 Å². The number of carbonyl (C=O) groups excluding carboxylic acids is 3. The predicted molar refractivity (Wildman–Crippen MR) is 100 cm³/mol. The molecular weight excluding hydrogens is 346 g/mol. The first-order valence-electron chi connectivity index (χ1n) is 9.53. The van der Waals surface area contributed by atoms with Crippen molar-refractivity contribution in [3.63, 3.8) is 0 Å². The average Bonchev–Trinajstić information content (AvgIpc) is 3.18. The number of nitrogens with zero attached hydrogens (tertiary/aromatic N) is 1. The van der Waals surface area contributed by atoms with Gasteiger partial charge in [0.15, 0.2) is 6.61 Å². The molecule has 1 aromatic carbocycles. The van der Waals surface area contributed by atoms with Crippen LogP contribution in [0.25, 0.3) is 0 Å². The minimum atomic E-state index is -0.667. The van der Waals surface area contributed by atoms with Crippen LogP contribution in [0.2, 0.25) is 0 Å². The Morgan fingerprint density at radius 2 is 1.89 bits per heavy atom. The average molecular weight is 373 g/mol. The van der Waals surface area contributed by atoms with Gasteiger partial charge in [-0.25, -0.2) is 4.79 Å². The van der Waals surface area contributed by atoms with Gasteiger partial charge in [-0.15, -0.1) is 0 Å². The summed E-state index contributed by atoms with van der Waals surface area (Å²) in [5.74, 6) is 0.394. The Morgan fingerprint density at radius 3 is 2.56 bits per heavy atom. The van der Waals surface area contributed by atoms with Crippen molar-refractivity contribution >= 4 is 17.8 Å². The summed E-state index contributed by atoms with van der Waals surface area (Å²) in [5.41, 5.74) is 1.31. The molecule has 1 saturated carbocycles.